The van der Waals surface area contributed by atoms with Gasteiger partial charge in [0.25, 0.3) is 0 Å². The molecule has 158 valence electrons. The fourth-order valence-corrected chi connectivity index (χ4v) is 4.09. The van der Waals surface area contributed by atoms with Crippen molar-refractivity contribution in [2.45, 2.75) is 104 Å². The van der Waals surface area contributed by atoms with Gasteiger partial charge in [-0.15, -0.1) is 0 Å². The van der Waals surface area contributed by atoms with Gasteiger partial charge in [-0.05, 0) is 80.0 Å². The van der Waals surface area contributed by atoms with Gasteiger partial charge in [-0.1, -0.05) is 58.9 Å². The van der Waals surface area contributed by atoms with Gasteiger partial charge in [-0.2, -0.15) is 0 Å². The number of carboxylic acid groups (broad SMARTS) is 1. The van der Waals surface area contributed by atoms with Crippen molar-refractivity contribution in [2.75, 3.05) is 0 Å². The van der Waals surface area contributed by atoms with Crippen molar-refractivity contribution in [1.82, 2.24) is 0 Å². The predicted octanol–water partition coefficient (Wildman–Crippen LogP) is 6.90. The number of unbranched alkanes of at least 4 members (excludes halogenated alkanes) is 5. The summed E-state index contributed by atoms with van der Waals surface area (Å²) in [6.45, 7) is 6.92. The van der Waals surface area contributed by atoms with Crippen molar-refractivity contribution in [3.8, 4) is 5.75 Å². The largest absolute Gasteiger partial charge is 0.508 e. The molecule has 0 saturated heterocycles. The maximum atomic E-state index is 11.2. The van der Waals surface area contributed by atoms with Crippen LogP contribution in [-0.2, 0) is 17.6 Å². The van der Waals surface area contributed by atoms with Crippen LogP contribution in [0.3, 0.4) is 0 Å². The molecule has 0 bridgehead atoms. The van der Waals surface area contributed by atoms with E-state index in [-0.39, 0.29) is 5.41 Å². The summed E-state index contributed by atoms with van der Waals surface area (Å²) in [5, 5.41) is 19.1. The van der Waals surface area contributed by atoms with E-state index in [2.05, 4.69) is 26.8 Å². The first-order valence-electron chi connectivity index (χ1n) is 11.3. The number of phenols is 1. The third kappa shape index (κ3) is 7.85. The first-order chi connectivity index (χ1) is 13.2. The van der Waals surface area contributed by atoms with Gasteiger partial charge in [0.2, 0.25) is 0 Å². The maximum absolute atomic E-state index is 11.2. The Morgan fingerprint density at radius 1 is 0.929 bits per heavy atom. The van der Waals surface area contributed by atoms with Crippen LogP contribution in [0.25, 0.3) is 0 Å². The smallest absolute Gasteiger partial charge is 0.309 e. The molecule has 2 rings (SSSR count). The molecule has 0 spiro atoms. The molecule has 28 heavy (non-hydrogen) atoms. The van der Waals surface area contributed by atoms with Gasteiger partial charge in [0.05, 0.1) is 5.41 Å². The van der Waals surface area contributed by atoms with Crippen LogP contribution in [0.1, 0.15) is 103 Å². The lowest BCUT2D eigenvalue weighted by Gasteiger charge is -2.17. The molecule has 1 aliphatic rings. The van der Waals surface area contributed by atoms with Crippen LogP contribution in [0, 0.1) is 10.8 Å². The Hall–Kier alpha value is -1.51. The normalized spacial score (nSPS) is 15.5. The zero-order valence-corrected chi connectivity index (χ0v) is 18.2. The van der Waals surface area contributed by atoms with E-state index in [0.717, 1.165) is 51.4 Å². The van der Waals surface area contributed by atoms with E-state index in [1.165, 1.54) is 43.2 Å². The molecule has 1 aromatic carbocycles. The van der Waals surface area contributed by atoms with Crippen molar-refractivity contribution in [3.63, 3.8) is 0 Å². The maximum Gasteiger partial charge on any atom is 0.309 e. The first-order valence-corrected chi connectivity index (χ1v) is 11.3. The van der Waals surface area contributed by atoms with Gasteiger partial charge in [0, 0.05) is 0 Å². The molecule has 1 saturated carbocycles. The molecule has 1 fully saturated rings. The molecule has 0 aromatic heterocycles. The summed E-state index contributed by atoms with van der Waals surface area (Å²) < 4.78 is 0. The number of carbonyl (C=O) groups is 1. The quantitative estimate of drug-likeness (QED) is 0.361. The van der Waals surface area contributed by atoms with Crippen LogP contribution >= 0.6 is 0 Å². The summed E-state index contributed by atoms with van der Waals surface area (Å²) in [5.74, 6) is -0.253. The molecule has 1 aromatic rings. The van der Waals surface area contributed by atoms with Crippen LogP contribution in [0.5, 0.6) is 5.75 Å². The summed E-state index contributed by atoms with van der Waals surface area (Å²) in [7, 11) is 0. The molecule has 0 unspecified atom stereocenters. The van der Waals surface area contributed by atoms with E-state index in [1.54, 1.807) is 0 Å². The van der Waals surface area contributed by atoms with Crippen LogP contribution in [-0.4, -0.2) is 16.2 Å². The van der Waals surface area contributed by atoms with E-state index < -0.39 is 5.97 Å². The number of aromatic hydroxyl groups is 1. The lowest BCUT2D eigenvalue weighted by atomic mass is 9.89. The molecule has 0 atom stereocenters. The molecule has 3 heteroatoms. The molecule has 0 radical (unpaired) electrons. The van der Waals surface area contributed by atoms with Crippen LogP contribution in [0.4, 0.5) is 0 Å². The van der Waals surface area contributed by atoms with Crippen molar-refractivity contribution in [1.29, 1.82) is 0 Å². The van der Waals surface area contributed by atoms with E-state index in [1.807, 2.05) is 12.1 Å². The SMILES string of the molecule is CC(C)(C)CCCCCCc1ccc(O)cc1CCCCCC1(C(=O)O)CC1. The number of phenolic OH excluding ortho intramolecular Hbond substituents is 1. The van der Waals surface area contributed by atoms with E-state index in [0.29, 0.717) is 11.2 Å². The highest BCUT2D eigenvalue weighted by atomic mass is 16.4. The Balaban J connectivity index is 1.68. The monoisotopic (exact) mass is 388 g/mol. The van der Waals surface area contributed by atoms with Crippen LogP contribution < -0.4 is 0 Å². The standard InChI is InChI=1S/C25H40O3/c1-24(2,3)15-9-5-4-7-11-20-13-14-22(26)19-21(20)12-8-6-10-16-25(17-18-25)23(27)28/h13-14,19,26H,4-12,15-18H2,1-3H3,(H,27,28). The fourth-order valence-electron chi connectivity index (χ4n) is 4.09. The number of carboxylic acids is 1. The number of aliphatic carboxylic acids is 1. The second kappa shape index (κ2) is 10.3. The second-order valence-electron chi connectivity index (χ2n) is 10.1. The van der Waals surface area contributed by atoms with Crippen LogP contribution in [0.15, 0.2) is 18.2 Å². The Kier molecular flexibility index (Phi) is 8.39. The number of benzene rings is 1. The average molecular weight is 389 g/mol. The highest BCUT2D eigenvalue weighted by molar-refractivity contribution is 5.77. The lowest BCUT2D eigenvalue weighted by molar-refractivity contribution is -0.143. The molecule has 2 N–H and O–H groups in total. The summed E-state index contributed by atoms with van der Waals surface area (Å²) in [6.07, 6.45) is 14.1. The Morgan fingerprint density at radius 3 is 2.14 bits per heavy atom. The van der Waals surface area contributed by atoms with Crippen molar-refractivity contribution in [3.05, 3.63) is 29.3 Å². The fraction of sp³-hybridized carbons (Fsp3) is 0.720. The third-order valence-corrected chi connectivity index (χ3v) is 6.22. The van der Waals surface area contributed by atoms with E-state index >= 15 is 0 Å². The Labute approximate surface area is 171 Å². The minimum Gasteiger partial charge on any atom is -0.508 e. The van der Waals surface area contributed by atoms with Crippen molar-refractivity contribution in [2.24, 2.45) is 10.8 Å². The van der Waals surface area contributed by atoms with Crippen molar-refractivity contribution >= 4 is 5.97 Å². The van der Waals surface area contributed by atoms with Crippen LogP contribution in [0.2, 0.25) is 0 Å². The second-order valence-corrected chi connectivity index (χ2v) is 10.1. The highest BCUT2D eigenvalue weighted by Crippen LogP contribution is 2.50. The Bertz CT molecular complexity index is 623. The zero-order valence-electron chi connectivity index (χ0n) is 18.2. The number of hydrogen-bond donors (Lipinski definition) is 2. The molecule has 0 amide bonds. The summed E-state index contributed by atoms with van der Waals surface area (Å²) in [6, 6.07) is 5.82. The number of rotatable bonds is 13. The summed E-state index contributed by atoms with van der Waals surface area (Å²) in [4.78, 5) is 11.2. The highest BCUT2D eigenvalue weighted by Gasteiger charge is 2.49. The molecule has 3 nitrogen and oxygen atoms in total. The predicted molar refractivity (Wildman–Crippen MR) is 116 cm³/mol. The van der Waals surface area contributed by atoms with Gasteiger partial charge in [-0.25, -0.2) is 0 Å². The third-order valence-electron chi connectivity index (χ3n) is 6.22. The first kappa shape index (κ1) is 22.8. The van der Waals surface area contributed by atoms with Crippen molar-refractivity contribution < 1.29 is 15.0 Å². The van der Waals surface area contributed by atoms with Gasteiger partial charge < -0.3 is 10.2 Å². The van der Waals surface area contributed by atoms with Gasteiger partial charge in [0.1, 0.15) is 5.75 Å². The minimum atomic E-state index is -0.606. The molecular formula is C25H40O3. The lowest BCUT2D eigenvalue weighted by Crippen LogP contribution is -2.14. The topological polar surface area (TPSA) is 57.5 Å². The number of hydrogen-bond acceptors (Lipinski definition) is 2. The van der Waals surface area contributed by atoms with Gasteiger partial charge >= 0.3 is 5.97 Å². The molecule has 1 aliphatic carbocycles. The molecule has 0 aliphatic heterocycles. The number of aryl methyl sites for hydroxylation is 2. The summed E-state index contributed by atoms with van der Waals surface area (Å²) >= 11 is 0. The van der Waals surface area contributed by atoms with Gasteiger partial charge in [0.15, 0.2) is 0 Å². The van der Waals surface area contributed by atoms with Gasteiger partial charge in [-0.3, -0.25) is 4.79 Å². The minimum absolute atomic E-state index is 0.353. The summed E-state index contributed by atoms with van der Waals surface area (Å²) in [5.41, 5.74) is 2.70. The molecular weight excluding hydrogens is 348 g/mol. The molecule has 0 heterocycles. The zero-order chi connectivity index (χ0) is 20.6. The average Bonchev–Trinajstić information content (AvgIpc) is 3.39. The Morgan fingerprint density at radius 2 is 1.54 bits per heavy atom. The van der Waals surface area contributed by atoms with E-state index in [4.69, 9.17) is 0 Å². The van der Waals surface area contributed by atoms with E-state index in [9.17, 15) is 15.0 Å².